The first-order valence-electron chi connectivity index (χ1n) is 10.4. The molecular formula is C22H32N2O4. The van der Waals surface area contributed by atoms with Crippen molar-refractivity contribution in [1.29, 1.82) is 0 Å². The molecule has 0 aromatic heterocycles. The number of piperidine rings is 1. The predicted molar refractivity (Wildman–Crippen MR) is 107 cm³/mol. The fourth-order valence-electron chi connectivity index (χ4n) is 3.74. The van der Waals surface area contributed by atoms with E-state index in [-0.39, 0.29) is 11.8 Å². The molecular weight excluding hydrogens is 356 g/mol. The van der Waals surface area contributed by atoms with Crippen LogP contribution in [0.25, 0.3) is 0 Å². The van der Waals surface area contributed by atoms with Crippen LogP contribution in [0.2, 0.25) is 0 Å². The van der Waals surface area contributed by atoms with Crippen LogP contribution in [0.4, 0.5) is 0 Å². The van der Waals surface area contributed by atoms with E-state index in [2.05, 4.69) is 13.8 Å². The first-order chi connectivity index (χ1) is 13.5. The van der Waals surface area contributed by atoms with Gasteiger partial charge in [0.15, 0.2) is 0 Å². The molecule has 6 nitrogen and oxygen atoms in total. The summed E-state index contributed by atoms with van der Waals surface area (Å²) in [5.74, 6) is 1.73. The third-order valence-electron chi connectivity index (χ3n) is 5.44. The minimum absolute atomic E-state index is 0.00741. The molecule has 0 unspecified atom stereocenters. The molecule has 28 heavy (non-hydrogen) atoms. The topological polar surface area (TPSA) is 59.1 Å². The number of likely N-dealkylation sites (tertiary alicyclic amines) is 1. The van der Waals surface area contributed by atoms with Crippen LogP contribution >= 0.6 is 0 Å². The lowest BCUT2D eigenvalue weighted by Crippen LogP contribution is -2.41. The molecule has 2 aliphatic rings. The van der Waals surface area contributed by atoms with Gasteiger partial charge in [0.2, 0.25) is 5.91 Å². The van der Waals surface area contributed by atoms with Crippen LogP contribution < -0.4 is 4.74 Å². The summed E-state index contributed by atoms with van der Waals surface area (Å²) < 4.78 is 11.4. The van der Waals surface area contributed by atoms with E-state index in [1.165, 1.54) is 0 Å². The monoisotopic (exact) mass is 388 g/mol. The summed E-state index contributed by atoms with van der Waals surface area (Å²) in [6.45, 7) is 8.75. The summed E-state index contributed by atoms with van der Waals surface area (Å²) >= 11 is 0. The number of amides is 2. The van der Waals surface area contributed by atoms with Crippen molar-refractivity contribution in [3.05, 3.63) is 29.8 Å². The van der Waals surface area contributed by atoms with Gasteiger partial charge in [-0.05, 0) is 36.8 Å². The maximum Gasteiger partial charge on any atom is 0.257 e. The van der Waals surface area contributed by atoms with Gasteiger partial charge in [0, 0.05) is 32.6 Å². The van der Waals surface area contributed by atoms with Gasteiger partial charge in [-0.1, -0.05) is 26.0 Å². The van der Waals surface area contributed by atoms with Gasteiger partial charge in [0.1, 0.15) is 5.75 Å². The maximum atomic E-state index is 12.8. The molecule has 0 saturated carbocycles. The van der Waals surface area contributed by atoms with Crippen LogP contribution in [0, 0.1) is 11.8 Å². The van der Waals surface area contributed by atoms with Gasteiger partial charge in [0.05, 0.1) is 25.4 Å². The Morgan fingerprint density at radius 3 is 2.43 bits per heavy atom. The summed E-state index contributed by atoms with van der Waals surface area (Å²) in [5.41, 5.74) is 0.619. The molecule has 1 aromatic carbocycles. The number of morpholine rings is 1. The van der Waals surface area contributed by atoms with E-state index >= 15 is 0 Å². The highest BCUT2D eigenvalue weighted by atomic mass is 16.5. The van der Waals surface area contributed by atoms with Gasteiger partial charge in [-0.2, -0.15) is 0 Å². The average Bonchev–Trinajstić information content (AvgIpc) is 2.72. The summed E-state index contributed by atoms with van der Waals surface area (Å²) in [7, 11) is 0. The molecule has 2 heterocycles. The Kier molecular flexibility index (Phi) is 7.31. The summed E-state index contributed by atoms with van der Waals surface area (Å²) in [6, 6.07) is 7.48. The van der Waals surface area contributed by atoms with Crippen molar-refractivity contribution >= 4 is 11.8 Å². The van der Waals surface area contributed by atoms with E-state index in [0.717, 1.165) is 25.9 Å². The van der Waals surface area contributed by atoms with Crippen LogP contribution in [0.5, 0.6) is 5.75 Å². The smallest absolute Gasteiger partial charge is 0.257 e. The highest BCUT2D eigenvalue weighted by Crippen LogP contribution is 2.24. The lowest BCUT2D eigenvalue weighted by atomic mass is 9.97. The van der Waals surface area contributed by atoms with Crippen LogP contribution in [0.1, 0.15) is 43.5 Å². The maximum absolute atomic E-state index is 12.8. The average molecular weight is 389 g/mol. The molecule has 3 rings (SSSR count). The van der Waals surface area contributed by atoms with Gasteiger partial charge in [-0.25, -0.2) is 0 Å². The van der Waals surface area contributed by atoms with E-state index in [9.17, 15) is 9.59 Å². The summed E-state index contributed by atoms with van der Waals surface area (Å²) in [5, 5.41) is 0. The van der Waals surface area contributed by atoms with Crippen molar-refractivity contribution in [1.82, 2.24) is 9.80 Å². The lowest BCUT2D eigenvalue weighted by Gasteiger charge is -2.32. The van der Waals surface area contributed by atoms with Crippen LogP contribution in [0.15, 0.2) is 24.3 Å². The van der Waals surface area contributed by atoms with Gasteiger partial charge in [0.25, 0.3) is 5.91 Å². The van der Waals surface area contributed by atoms with Gasteiger partial charge in [-0.3, -0.25) is 9.59 Å². The van der Waals surface area contributed by atoms with E-state index in [1.54, 1.807) is 0 Å². The van der Waals surface area contributed by atoms with Crippen LogP contribution in [-0.2, 0) is 9.53 Å². The largest absolute Gasteiger partial charge is 0.492 e. The highest BCUT2D eigenvalue weighted by molar-refractivity contribution is 5.97. The number of para-hydroxylation sites is 1. The van der Waals surface area contributed by atoms with E-state index in [4.69, 9.17) is 9.47 Å². The number of rotatable bonds is 6. The third kappa shape index (κ3) is 5.47. The van der Waals surface area contributed by atoms with Crippen molar-refractivity contribution < 1.29 is 19.1 Å². The molecule has 2 saturated heterocycles. The van der Waals surface area contributed by atoms with Crippen molar-refractivity contribution in [2.24, 2.45) is 11.8 Å². The Morgan fingerprint density at radius 1 is 1.07 bits per heavy atom. The first kappa shape index (κ1) is 20.6. The predicted octanol–water partition coefficient (Wildman–Crippen LogP) is 2.82. The van der Waals surface area contributed by atoms with Gasteiger partial charge in [-0.15, -0.1) is 0 Å². The second-order valence-corrected chi connectivity index (χ2v) is 8.13. The number of hydrogen-bond donors (Lipinski definition) is 0. The Hall–Kier alpha value is -2.08. The van der Waals surface area contributed by atoms with E-state index < -0.39 is 0 Å². The van der Waals surface area contributed by atoms with E-state index in [1.807, 2.05) is 34.1 Å². The number of nitrogens with zero attached hydrogens (tertiary/aromatic N) is 2. The zero-order valence-electron chi connectivity index (χ0n) is 17.1. The third-order valence-corrected chi connectivity index (χ3v) is 5.44. The molecule has 0 bridgehead atoms. The fourth-order valence-corrected chi connectivity index (χ4v) is 3.74. The van der Waals surface area contributed by atoms with Gasteiger partial charge < -0.3 is 19.3 Å². The summed E-state index contributed by atoms with van der Waals surface area (Å²) in [6.07, 6.45) is 2.52. The molecule has 0 aliphatic carbocycles. The molecule has 0 spiro atoms. The molecule has 0 radical (unpaired) electrons. The minimum Gasteiger partial charge on any atom is -0.492 e. The zero-order chi connectivity index (χ0) is 19.9. The van der Waals surface area contributed by atoms with Crippen LogP contribution in [0.3, 0.4) is 0 Å². The molecule has 2 fully saturated rings. The number of benzene rings is 1. The first-order valence-corrected chi connectivity index (χ1v) is 10.4. The molecule has 0 N–H and O–H groups in total. The number of carbonyl (C=O) groups excluding carboxylic acids is 2. The zero-order valence-corrected chi connectivity index (χ0v) is 17.1. The Balaban J connectivity index is 1.52. The molecule has 2 aliphatic heterocycles. The fraction of sp³-hybridized carbons (Fsp3) is 0.636. The molecule has 0 atom stereocenters. The minimum atomic E-state index is 0.00741. The molecule has 6 heteroatoms. The number of carbonyl (C=O) groups is 2. The second-order valence-electron chi connectivity index (χ2n) is 8.13. The quantitative estimate of drug-likeness (QED) is 0.752. The highest BCUT2D eigenvalue weighted by Gasteiger charge is 2.25. The second kappa shape index (κ2) is 9.92. The van der Waals surface area contributed by atoms with Crippen molar-refractivity contribution in [3.8, 4) is 5.75 Å². The Labute approximate surface area is 167 Å². The number of ether oxygens (including phenoxy) is 2. The normalized spacial score (nSPS) is 18.4. The number of hydrogen-bond acceptors (Lipinski definition) is 4. The standard InChI is InChI=1S/C22H32N2O4/c1-17(2)15-21(25)23-9-7-18(8-10-23)16-28-20-6-4-3-5-19(20)22(26)24-11-13-27-14-12-24/h3-6,17-18H,7-16H2,1-2H3. The Morgan fingerprint density at radius 2 is 1.75 bits per heavy atom. The van der Waals surface area contributed by atoms with Gasteiger partial charge >= 0.3 is 0 Å². The van der Waals surface area contributed by atoms with Crippen molar-refractivity contribution in [3.63, 3.8) is 0 Å². The van der Waals surface area contributed by atoms with E-state index in [0.29, 0.717) is 62.5 Å². The van der Waals surface area contributed by atoms with Crippen molar-refractivity contribution in [2.45, 2.75) is 33.1 Å². The summed E-state index contributed by atoms with van der Waals surface area (Å²) in [4.78, 5) is 28.8. The molecule has 2 amide bonds. The lowest BCUT2D eigenvalue weighted by molar-refractivity contribution is -0.133. The molecule has 1 aromatic rings. The Bertz CT molecular complexity index is 662. The van der Waals surface area contributed by atoms with Crippen LogP contribution in [-0.4, -0.2) is 67.6 Å². The SMILES string of the molecule is CC(C)CC(=O)N1CCC(COc2ccccc2C(=O)N2CCOCC2)CC1. The van der Waals surface area contributed by atoms with Crippen molar-refractivity contribution in [2.75, 3.05) is 46.0 Å². The molecule has 154 valence electrons.